The van der Waals surface area contributed by atoms with Crippen molar-refractivity contribution >= 4 is 22.7 Å². The van der Waals surface area contributed by atoms with Crippen LogP contribution in [0.15, 0.2) is 109 Å². The lowest BCUT2D eigenvalue weighted by Gasteiger charge is -2.17. The van der Waals surface area contributed by atoms with Gasteiger partial charge < -0.3 is 19.3 Å². The molecule has 0 aliphatic rings. The first kappa shape index (κ1) is 27.5. The van der Waals surface area contributed by atoms with Crippen LogP contribution < -0.4 is 4.74 Å². The summed E-state index contributed by atoms with van der Waals surface area (Å²) in [6.07, 6.45) is 0.696. The number of aromatic hydroxyl groups is 1. The van der Waals surface area contributed by atoms with Crippen molar-refractivity contribution in [3.05, 3.63) is 131 Å². The Kier molecular flexibility index (Phi) is 10.8. The smallest absolute Gasteiger partial charge is 0.119 e. The maximum Gasteiger partial charge on any atom is 0.119 e. The third kappa shape index (κ3) is 8.22. The first-order valence-corrected chi connectivity index (χ1v) is 13.3. The van der Waals surface area contributed by atoms with Gasteiger partial charge in [-0.15, -0.1) is 11.6 Å². The first-order chi connectivity index (χ1) is 18.7. The van der Waals surface area contributed by atoms with Gasteiger partial charge in [0.05, 0.1) is 26.4 Å². The van der Waals surface area contributed by atoms with E-state index in [1.165, 1.54) is 0 Å². The van der Waals surface area contributed by atoms with Gasteiger partial charge in [-0.05, 0) is 64.1 Å². The van der Waals surface area contributed by atoms with Gasteiger partial charge in [0.1, 0.15) is 18.1 Å². The third-order valence-electron chi connectivity index (χ3n) is 6.03. The summed E-state index contributed by atoms with van der Waals surface area (Å²) in [4.78, 5) is 0. The zero-order valence-corrected chi connectivity index (χ0v) is 22.1. The Balaban J connectivity index is 1.37. The van der Waals surface area contributed by atoms with Crippen LogP contribution in [-0.4, -0.2) is 37.4 Å². The molecular weight excluding hydrogens is 496 g/mol. The molecule has 0 bridgehead atoms. The van der Waals surface area contributed by atoms with E-state index in [1.54, 1.807) is 12.1 Å². The molecular formula is C33H33ClO4. The van der Waals surface area contributed by atoms with E-state index in [4.69, 9.17) is 25.8 Å². The lowest BCUT2D eigenvalue weighted by molar-refractivity contribution is 0.0303. The first-order valence-electron chi connectivity index (χ1n) is 12.8. The predicted octanol–water partition coefficient (Wildman–Crippen LogP) is 7.59. The van der Waals surface area contributed by atoms with Crippen LogP contribution in [0, 0.1) is 0 Å². The molecule has 5 heteroatoms. The zero-order valence-electron chi connectivity index (χ0n) is 21.4. The number of alkyl halides is 1. The van der Waals surface area contributed by atoms with Gasteiger partial charge in [0.25, 0.3) is 0 Å². The highest BCUT2D eigenvalue weighted by Gasteiger charge is 2.15. The van der Waals surface area contributed by atoms with E-state index in [-0.39, 0.29) is 5.75 Å². The molecule has 1 N–H and O–H groups in total. The summed E-state index contributed by atoms with van der Waals surface area (Å²) in [5.74, 6) is 1.49. The summed E-state index contributed by atoms with van der Waals surface area (Å²) in [7, 11) is 0. The highest BCUT2D eigenvalue weighted by molar-refractivity contribution is 6.18. The molecule has 0 aromatic heterocycles. The Morgan fingerprint density at radius 2 is 1.29 bits per heavy atom. The molecule has 196 valence electrons. The van der Waals surface area contributed by atoms with Crippen LogP contribution in [0.3, 0.4) is 0 Å². The van der Waals surface area contributed by atoms with E-state index in [0.29, 0.717) is 45.3 Å². The van der Waals surface area contributed by atoms with Crippen molar-refractivity contribution < 1.29 is 19.3 Å². The highest BCUT2D eigenvalue weighted by atomic mass is 35.5. The van der Waals surface area contributed by atoms with Gasteiger partial charge in [0.15, 0.2) is 0 Å². The second-order valence-electron chi connectivity index (χ2n) is 8.73. The summed E-state index contributed by atoms with van der Waals surface area (Å²) in [6, 6.07) is 35.7. The molecule has 4 aromatic rings. The van der Waals surface area contributed by atoms with Crippen LogP contribution in [-0.2, 0) is 16.1 Å². The number of hydrogen-bond donors (Lipinski definition) is 1. The van der Waals surface area contributed by atoms with E-state index in [0.717, 1.165) is 39.1 Å². The van der Waals surface area contributed by atoms with E-state index in [1.807, 2.05) is 84.9 Å². The summed E-state index contributed by atoms with van der Waals surface area (Å²) in [6.45, 7) is 2.59. The molecule has 0 aliphatic heterocycles. The van der Waals surface area contributed by atoms with Crippen molar-refractivity contribution in [2.24, 2.45) is 0 Å². The Hall–Kier alpha value is -3.57. The van der Waals surface area contributed by atoms with Crippen LogP contribution in [0.25, 0.3) is 11.1 Å². The second-order valence-corrected chi connectivity index (χ2v) is 9.11. The molecule has 0 saturated heterocycles. The van der Waals surface area contributed by atoms with Gasteiger partial charge in [-0.1, -0.05) is 84.9 Å². The number of allylic oxidation sites excluding steroid dienone is 1. The van der Waals surface area contributed by atoms with E-state index in [2.05, 4.69) is 12.1 Å². The summed E-state index contributed by atoms with van der Waals surface area (Å²) < 4.78 is 17.2. The fraction of sp³-hybridized carbons (Fsp3) is 0.212. The van der Waals surface area contributed by atoms with Gasteiger partial charge in [-0.25, -0.2) is 0 Å². The van der Waals surface area contributed by atoms with Gasteiger partial charge in [0, 0.05) is 5.88 Å². The molecule has 0 fully saturated rings. The fourth-order valence-electron chi connectivity index (χ4n) is 4.24. The van der Waals surface area contributed by atoms with Crippen molar-refractivity contribution in [2.75, 3.05) is 32.3 Å². The average molecular weight is 529 g/mol. The Morgan fingerprint density at radius 1 is 0.632 bits per heavy atom. The topological polar surface area (TPSA) is 47.9 Å². The summed E-state index contributed by atoms with van der Waals surface area (Å²) in [5.41, 5.74) is 6.39. The molecule has 4 rings (SSSR count). The molecule has 0 unspecified atom stereocenters. The lowest BCUT2D eigenvalue weighted by Crippen LogP contribution is -2.10. The predicted molar refractivity (Wildman–Crippen MR) is 155 cm³/mol. The maximum atomic E-state index is 10.2. The molecule has 0 heterocycles. The highest BCUT2D eigenvalue weighted by Crippen LogP contribution is 2.36. The number of benzene rings is 4. The Bertz CT molecular complexity index is 1270. The quantitative estimate of drug-likeness (QED) is 0.104. The van der Waals surface area contributed by atoms with Gasteiger partial charge in [-0.2, -0.15) is 0 Å². The maximum absolute atomic E-state index is 10.2. The minimum atomic E-state index is 0.226. The Morgan fingerprint density at radius 3 is 2.00 bits per heavy atom. The number of hydrogen-bond acceptors (Lipinski definition) is 4. The summed E-state index contributed by atoms with van der Waals surface area (Å²) in [5, 5.41) is 10.2. The lowest BCUT2D eigenvalue weighted by atomic mass is 9.88. The minimum Gasteiger partial charge on any atom is -0.508 e. The van der Waals surface area contributed by atoms with Crippen molar-refractivity contribution in [3.63, 3.8) is 0 Å². The van der Waals surface area contributed by atoms with Crippen LogP contribution in [0.1, 0.15) is 28.7 Å². The van der Waals surface area contributed by atoms with Crippen molar-refractivity contribution in [1.82, 2.24) is 0 Å². The van der Waals surface area contributed by atoms with Crippen LogP contribution in [0.4, 0.5) is 0 Å². The summed E-state index contributed by atoms with van der Waals surface area (Å²) >= 11 is 6.24. The SMILES string of the molecule is Oc1cccc(/C(=C(/CCCl)c2ccccc2)c2ccc(OCCOCCOCc3ccccc3)cc2)c1. The van der Waals surface area contributed by atoms with Crippen LogP contribution >= 0.6 is 11.6 Å². The standard InChI is InChI=1S/C33H33ClO4/c34-19-18-32(27-10-5-2-6-11-27)33(29-12-7-13-30(35)24-29)28-14-16-31(17-15-28)38-23-22-36-20-21-37-25-26-8-3-1-4-9-26/h1-17,24,35H,18-23,25H2/b33-32-. The van der Waals surface area contributed by atoms with Crippen molar-refractivity contribution in [1.29, 1.82) is 0 Å². The molecule has 4 aromatic carbocycles. The molecule has 38 heavy (non-hydrogen) atoms. The molecule has 0 saturated carbocycles. The number of phenolic OH excluding ortho intramolecular Hbond substituents is 1. The van der Waals surface area contributed by atoms with E-state index in [9.17, 15) is 5.11 Å². The van der Waals surface area contributed by atoms with Gasteiger partial charge in [0.2, 0.25) is 0 Å². The van der Waals surface area contributed by atoms with Crippen molar-refractivity contribution in [2.45, 2.75) is 13.0 Å². The van der Waals surface area contributed by atoms with Gasteiger partial charge >= 0.3 is 0 Å². The number of phenols is 1. The van der Waals surface area contributed by atoms with E-state index < -0.39 is 0 Å². The Labute approximate surface area is 230 Å². The molecule has 0 radical (unpaired) electrons. The number of ether oxygens (including phenoxy) is 3. The fourth-order valence-corrected chi connectivity index (χ4v) is 4.43. The third-order valence-corrected chi connectivity index (χ3v) is 6.22. The van der Waals surface area contributed by atoms with Crippen LogP contribution in [0.5, 0.6) is 11.5 Å². The van der Waals surface area contributed by atoms with Gasteiger partial charge in [-0.3, -0.25) is 0 Å². The zero-order chi connectivity index (χ0) is 26.4. The van der Waals surface area contributed by atoms with E-state index >= 15 is 0 Å². The van der Waals surface area contributed by atoms with Crippen molar-refractivity contribution in [3.8, 4) is 11.5 Å². The monoisotopic (exact) mass is 528 g/mol. The number of rotatable bonds is 14. The molecule has 0 amide bonds. The normalized spacial score (nSPS) is 11.7. The molecule has 4 nitrogen and oxygen atoms in total. The minimum absolute atomic E-state index is 0.226. The molecule has 0 aliphatic carbocycles. The average Bonchev–Trinajstić information content (AvgIpc) is 2.96. The van der Waals surface area contributed by atoms with Crippen LogP contribution in [0.2, 0.25) is 0 Å². The number of halogens is 1. The molecule has 0 spiro atoms. The largest absolute Gasteiger partial charge is 0.508 e. The molecule has 0 atom stereocenters. The second kappa shape index (κ2) is 15.0.